The Morgan fingerprint density at radius 2 is 1.91 bits per heavy atom. The minimum absolute atomic E-state index is 0.243. The van der Waals surface area contributed by atoms with Crippen molar-refractivity contribution in [1.82, 2.24) is 14.7 Å². The minimum atomic E-state index is -0.628. The largest absolute Gasteiger partial charge is 0.388 e. The fraction of sp³-hybridized carbons (Fsp3) is 0.941. The van der Waals surface area contributed by atoms with E-state index in [1.807, 2.05) is 23.9 Å². The molecule has 0 radical (unpaired) electrons. The van der Waals surface area contributed by atoms with Crippen molar-refractivity contribution < 1.29 is 9.90 Å². The maximum absolute atomic E-state index is 12.6. The zero-order chi connectivity index (χ0) is 16.2. The van der Waals surface area contributed by atoms with Crippen molar-refractivity contribution in [3.8, 4) is 0 Å². The van der Waals surface area contributed by atoms with Gasteiger partial charge in [-0.2, -0.15) is 0 Å². The summed E-state index contributed by atoms with van der Waals surface area (Å²) in [5, 5.41) is 10.6. The van der Waals surface area contributed by atoms with Gasteiger partial charge in [0.05, 0.1) is 12.1 Å². The molecule has 0 aromatic heterocycles. The molecular weight excluding hydrogens is 278 g/mol. The molecule has 2 fully saturated rings. The number of piperidine rings is 2. The third-order valence-corrected chi connectivity index (χ3v) is 5.22. The van der Waals surface area contributed by atoms with Crippen molar-refractivity contribution in [2.75, 3.05) is 46.8 Å². The second-order valence-electron chi connectivity index (χ2n) is 7.37. The Bertz CT molecular complexity index is 365. The second kappa shape index (κ2) is 7.75. The van der Waals surface area contributed by atoms with E-state index in [9.17, 15) is 9.90 Å². The van der Waals surface area contributed by atoms with E-state index in [0.717, 1.165) is 13.0 Å². The summed E-state index contributed by atoms with van der Waals surface area (Å²) in [5.41, 5.74) is -0.628. The summed E-state index contributed by atoms with van der Waals surface area (Å²) in [6, 6.07) is 0.577. The van der Waals surface area contributed by atoms with Crippen LogP contribution in [0.25, 0.3) is 0 Å². The Morgan fingerprint density at radius 3 is 2.50 bits per heavy atom. The molecule has 1 amide bonds. The van der Waals surface area contributed by atoms with Crippen LogP contribution < -0.4 is 0 Å². The van der Waals surface area contributed by atoms with Crippen molar-refractivity contribution in [1.29, 1.82) is 0 Å². The molecule has 0 bridgehead atoms. The molecule has 2 rings (SSSR count). The molecule has 5 nitrogen and oxygen atoms in total. The van der Waals surface area contributed by atoms with Crippen LogP contribution in [0, 0.1) is 0 Å². The molecule has 1 atom stereocenters. The Morgan fingerprint density at radius 1 is 1.23 bits per heavy atom. The highest BCUT2D eigenvalue weighted by Gasteiger charge is 2.35. The monoisotopic (exact) mass is 311 g/mol. The molecule has 2 saturated heterocycles. The van der Waals surface area contributed by atoms with Gasteiger partial charge in [0.25, 0.3) is 0 Å². The molecule has 0 aromatic carbocycles. The lowest BCUT2D eigenvalue weighted by atomic mass is 9.91. The summed E-state index contributed by atoms with van der Waals surface area (Å²) < 4.78 is 0. The summed E-state index contributed by atoms with van der Waals surface area (Å²) in [4.78, 5) is 18.9. The number of likely N-dealkylation sites (N-methyl/N-ethyl adjacent to an activating group) is 1. The third-order valence-electron chi connectivity index (χ3n) is 5.22. The number of carbonyl (C=O) groups is 1. The van der Waals surface area contributed by atoms with Gasteiger partial charge in [-0.15, -0.1) is 0 Å². The molecular formula is C17H33N3O2. The van der Waals surface area contributed by atoms with Crippen LogP contribution in [0.4, 0.5) is 0 Å². The zero-order valence-electron chi connectivity index (χ0n) is 14.6. The van der Waals surface area contributed by atoms with Crippen molar-refractivity contribution in [3.63, 3.8) is 0 Å². The van der Waals surface area contributed by atoms with Crippen LogP contribution in [0.15, 0.2) is 0 Å². The lowest BCUT2D eigenvalue weighted by Gasteiger charge is -2.41. The van der Waals surface area contributed by atoms with Crippen molar-refractivity contribution in [3.05, 3.63) is 0 Å². The van der Waals surface area contributed by atoms with E-state index in [2.05, 4.69) is 11.8 Å². The van der Waals surface area contributed by atoms with Crippen LogP contribution in [-0.4, -0.2) is 84.2 Å². The first-order valence-electron chi connectivity index (χ1n) is 8.82. The molecule has 2 aliphatic heterocycles. The van der Waals surface area contributed by atoms with E-state index in [0.29, 0.717) is 45.1 Å². The van der Waals surface area contributed by atoms with Gasteiger partial charge in [0.2, 0.25) is 5.91 Å². The van der Waals surface area contributed by atoms with E-state index in [4.69, 9.17) is 0 Å². The average molecular weight is 311 g/mol. The number of aliphatic hydroxyl groups is 1. The Hall–Kier alpha value is -0.650. The van der Waals surface area contributed by atoms with E-state index >= 15 is 0 Å². The highest BCUT2D eigenvalue weighted by Crippen LogP contribution is 2.24. The maximum atomic E-state index is 12.6. The molecule has 0 aromatic rings. The highest BCUT2D eigenvalue weighted by molar-refractivity contribution is 5.78. The minimum Gasteiger partial charge on any atom is -0.388 e. The lowest BCUT2D eigenvalue weighted by molar-refractivity contribution is -0.138. The van der Waals surface area contributed by atoms with Gasteiger partial charge in [0, 0.05) is 25.7 Å². The molecule has 0 aliphatic carbocycles. The molecule has 1 N–H and O–H groups in total. The summed E-state index contributed by atoms with van der Waals surface area (Å²) in [5.74, 6) is 0.243. The fourth-order valence-corrected chi connectivity index (χ4v) is 3.92. The van der Waals surface area contributed by atoms with Crippen LogP contribution in [0.5, 0.6) is 0 Å². The molecule has 2 heterocycles. The van der Waals surface area contributed by atoms with Crippen LogP contribution in [-0.2, 0) is 4.79 Å². The molecule has 0 saturated carbocycles. The van der Waals surface area contributed by atoms with Crippen molar-refractivity contribution in [2.24, 2.45) is 0 Å². The van der Waals surface area contributed by atoms with E-state index in [-0.39, 0.29) is 5.91 Å². The van der Waals surface area contributed by atoms with Crippen LogP contribution in [0.3, 0.4) is 0 Å². The first-order valence-corrected chi connectivity index (χ1v) is 8.82. The van der Waals surface area contributed by atoms with Gasteiger partial charge in [0.1, 0.15) is 0 Å². The number of nitrogens with zero attached hydrogens (tertiary/aromatic N) is 3. The SMILES string of the molecule is CCC1CCCCN1CC(=O)N1CCC(O)(CN(C)C)CC1. The zero-order valence-corrected chi connectivity index (χ0v) is 14.6. The first-order chi connectivity index (χ1) is 10.4. The van der Waals surface area contributed by atoms with Gasteiger partial charge in [0.15, 0.2) is 0 Å². The third kappa shape index (κ3) is 4.67. The van der Waals surface area contributed by atoms with E-state index < -0.39 is 5.60 Å². The predicted molar refractivity (Wildman–Crippen MR) is 88.8 cm³/mol. The topological polar surface area (TPSA) is 47.0 Å². The average Bonchev–Trinajstić information content (AvgIpc) is 2.47. The number of amides is 1. The molecule has 5 heteroatoms. The smallest absolute Gasteiger partial charge is 0.236 e. The van der Waals surface area contributed by atoms with Gasteiger partial charge in [-0.05, 0) is 52.7 Å². The van der Waals surface area contributed by atoms with Crippen molar-refractivity contribution in [2.45, 2.75) is 57.1 Å². The Balaban J connectivity index is 1.82. The number of likely N-dealkylation sites (tertiary alicyclic amines) is 2. The van der Waals surface area contributed by atoms with E-state index in [1.54, 1.807) is 0 Å². The van der Waals surface area contributed by atoms with Gasteiger partial charge in [-0.1, -0.05) is 13.3 Å². The standard InChI is InChI=1S/C17H33N3O2/c1-4-15-7-5-6-10-20(15)13-16(21)19-11-8-17(22,9-12-19)14-18(2)3/h15,22H,4-14H2,1-3H3. The van der Waals surface area contributed by atoms with Crippen LogP contribution >= 0.6 is 0 Å². The quantitative estimate of drug-likeness (QED) is 0.828. The summed E-state index contributed by atoms with van der Waals surface area (Å²) in [6.07, 6.45) is 6.25. The van der Waals surface area contributed by atoms with Gasteiger partial charge in [-0.3, -0.25) is 9.69 Å². The Labute approximate surface area is 135 Å². The molecule has 1 unspecified atom stereocenters. The van der Waals surface area contributed by atoms with Gasteiger partial charge < -0.3 is 14.9 Å². The number of hydrogen-bond acceptors (Lipinski definition) is 4. The summed E-state index contributed by atoms with van der Waals surface area (Å²) in [6.45, 7) is 5.89. The number of carbonyl (C=O) groups excluding carboxylic acids is 1. The molecule has 0 spiro atoms. The highest BCUT2D eigenvalue weighted by atomic mass is 16.3. The molecule has 2 aliphatic rings. The van der Waals surface area contributed by atoms with Gasteiger partial charge >= 0.3 is 0 Å². The van der Waals surface area contributed by atoms with E-state index in [1.165, 1.54) is 19.3 Å². The number of rotatable bonds is 5. The lowest BCUT2D eigenvalue weighted by Crippen LogP contribution is -2.53. The first kappa shape index (κ1) is 17.7. The second-order valence-corrected chi connectivity index (χ2v) is 7.37. The predicted octanol–water partition coefficient (Wildman–Crippen LogP) is 1.17. The Kier molecular flexibility index (Phi) is 6.24. The van der Waals surface area contributed by atoms with Crippen LogP contribution in [0.2, 0.25) is 0 Å². The summed E-state index contributed by atoms with van der Waals surface area (Å²) >= 11 is 0. The van der Waals surface area contributed by atoms with Crippen LogP contribution in [0.1, 0.15) is 45.4 Å². The number of hydrogen-bond donors (Lipinski definition) is 1. The van der Waals surface area contributed by atoms with Crippen molar-refractivity contribution >= 4 is 5.91 Å². The fourth-order valence-electron chi connectivity index (χ4n) is 3.92. The van der Waals surface area contributed by atoms with Gasteiger partial charge in [-0.25, -0.2) is 0 Å². The summed E-state index contributed by atoms with van der Waals surface area (Å²) in [7, 11) is 3.97. The molecule has 128 valence electrons. The normalized spacial score (nSPS) is 26.4. The molecule has 22 heavy (non-hydrogen) atoms. The maximum Gasteiger partial charge on any atom is 0.236 e.